The lowest BCUT2D eigenvalue weighted by atomic mass is 9.87. The fraction of sp³-hybridized carbons (Fsp3) is 0.750. The molecule has 1 saturated heterocycles. The fourth-order valence-electron chi connectivity index (χ4n) is 2.12. The number of hydrogen-bond donors (Lipinski definition) is 2. The van der Waals surface area contributed by atoms with Gasteiger partial charge in [-0.25, -0.2) is 0 Å². The highest BCUT2D eigenvalue weighted by Crippen LogP contribution is 2.28. The Morgan fingerprint density at radius 1 is 1.50 bits per heavy atom. The van der Waals surface area contributed by atoms with Crippen molar-refractivity contribution in [3.8, 4) is 0 Å². The number of hydrogen-bond acceptors (Lipinski definition) is 3. The molecule has 0 aromatic rings. The second-order valence-corrected chi connectivity index (χ2v) is 5.55. The van der Waals surface area contributed by atoms with E-state index < -0.39 is 0 Å². The minimum atomic E-state index is -0.140. The quantitative estimate of drug-likeness (QED) is 0.680. The normalized spacial score (nSPS) is 28.4. The summed E-state index contributed by atoms with van der Waals surface area (Å²) in [7, 11) is 2.09. The Morgan fingerprint density at radius 2 is 2.06 bits per heavy atom. The molecule has 0 bridgehead atoms. The summed E-state index contributed by atoms with van der Waals surface area (Å²) < 4.78 is 0. The zero-order valence-electron chi connectivity index (χ0n) is 10.9. The molecule has 0 aromatic heterocycles. The first kappa shape index (κ1) is 13.2. The molecule has 1 aliphatic heterocycles. The summed E-state index contributed by atoms with van der Waals surface area (Å²) in [5.41, 5.74) is -0.0562. The Balaban J connectivity index is 2.83. The van der Waals surface area contributed by atoms with Gasteiger partial charge in [-0.2, -0.15) is 0 Å². The molecule has 4 heteroatoms. The van der Waals surface area contributed by atoms with Crippen molar-refractivity contribution in [1.82, 2.24) is 15.5 Å². The van der Waals surface area contributed by atoms with Gasteiger partial charge in [0.25, 0.3) is 0 Å². The Kier molecular flexibility index (Phi) is 3.45. The SMILES string of the molecule is C=CC(=O)NC1NCC(C)(C)N(C)C1(C)C. The minimum absolute atomic E-state index is 0.0592. The Labute approximate surface area is 98.1 Å². The molecule has 16 heavy (non-hydrogen) atoms. The number of rotatable bonds is 2. The van der Waals surface area contributed by atoms with E-state index in [1.54, 1.807) is 0 Å². The van der Waals surface area contributed by atoms with E-state index in [4.69, 9.17) is 0 Å². The third kappa shape index (κ3) is 2.28. The van der Waals surface area contributed by atoms with Crippen molar-refractivity contribution >= 4 is 5.91 Å². The van der Waals surface area contributed by atoms with Crippen molar-refractivity contribution in [2.75, 3.05) is 13.6 Å². The standard InChI is InChI=1S/C12H23N3O/c1-7-9(16)14-10-12(4,5)15(6)11(2,3)8-13-10/h7,10,13H,1,8H2,2-6H3,(H,14,16). The van der Waals surface area contributed by atoms with Crippen LogP contribution in [0.15, 0.2) is 12.7 Å². The molecule has 2 N–H and O–H groups in total. The third-order valence-electron chi connectivity index (χ3n) is 3.69. The molecule has 0 aromatic carbocycles. The first-order valence-corrected chi connectivity index (χ1v) is 5.62. The number of carbonyl (C=O) groups is 1. The van der Waals surface area contributed by atoms with Crippen molar-refractivity contribution in [3.63, 3.8) is 0 Å². The van der Waals surface area contributed by atoms with Crippen LogP contribution >= 0.6 is 0 Å². The van der Waals surface area contributed by atoms with Crippen LogP contribution in [0.25, 0.3) is 0 Å². The van der Waals surface area contributed by atoms with Gasteiger partial charge in [0.1, 0.15) is 0 Å². The van der Waals surface area contributed by atoms with E-state index >= 15 is 0 Å². The first-order chi connectivity index (χ1) is 7.21. The maximum atomic E-state index is 11.3. The lowest BCUT2D eigenvalue weighted by Gasteiger charge is -2.55. The van der Waals surface area contributed by atoms with E-state index in [0.717, 1.165) is 6.54 Å². The Bertz CT molecular complexity index is 297. The molecule has 1 atom stereocenters. The van der Waals surface area contributed by atoms with Crippen LogP contribution in [0.5, 0.6) is 0 Å². The van der Waals surface area contributed by atoms with Gasteiger partial charge in [-0.1, -0.05) is 6.58 Å². The molecule has 0 radical (unpaired) electrons. The van der Waals surface area contributed by atoms with Gasteiger partial charge in [-0.05, 0) is 40.8 Å². The summed E-state index contributed by atoms with van der Waals surface area (Å²) in [4.78, 5) is 13.6. The van der Waals surface area contributed by atoms with Crippen molar-refractivity contribution in [2.45, 2.75) is 44.9 Å². The average Bonchev–Trinajstić information content (AvgIpc) is 2.20. The van der Waals surface area contributed by atoms with Crippen LogP contribution in [0.3, 0.4) is 0 Å². The highest BCUT2D eigenvalue weighted by Gasteiger charge is 2.45. The van der Waals surface area contributed by atoms with Gasteiger partial charge < -0.3 is 5.32 Å². The maximum Gasteiger partial charge on any atom is 0.244 e. The van der Waals surface area contributed by atoms with E-state index in [0.29, 0.717) is 0 Å². The van der Waals surface area contributed by atoms with Crippen LogP contribution in [0.4, 0.5) is 0 Å². The van der Waals surface area contributed by atoms with Crippen molar-refractivity contribution < 1.29 is 4.79 Å². The zero-order chi connectivity index (χ0) is 12.6. The summed E-state index contributed by atoms with van der Waals surface area (Å²) in [5, 5.41) is 6.29. The average molecular weight is 225 g/mol. The Hall–Kier alpha value is -0.870. The molecule has 4 nitrogen and oxygen atoms in total. The number of likely N-dealkylation sites (N-methyl/N-ethyl adjacent to an activating group) is 1. The van der Waals surface area contributed by atoms with Crippen molar-refractivity contribution in [3.05, 3.63) is 12.7 Å². The van der Waals surface area contributed by atoms with E-state index in [9.17, 15) is 4.79 Å². The number of carbonyl (C=O) groups excluding carboxylic acids is 1. The monoisotopic (exact) mass is 225 g/mol. The topological polar surface area (TPSA) is 44.4 Å². The van der Waals surface area contributed by atoms with Crippen LogP contribution in [0.2, 0.25) is 0 Å². The van der Waals surface area contributed by atoms with E-state index in [1.165, 1.54) is 6.08 Å². The van der Waals surface area contributed by atoms with Gasteiger partial charge in [0, 0.05) is 17.6 Å². The second-order valence-electron chi connectivity index (χ2n) is 5.55. The van der Waals surface area contributed by atoms with Gasteiger partial charge in [0.15, 0.2) is 0 Å². The van der Waals surface area contributed by atoms with Gasteiger partial charge in [-0.15, -0.1) is 0 Å². The third-order valence-corrected chi connectivity index (χ3v) is 3.69. The summed E-state index contributed by atoms with van der Waals surface area (Å²) in [6.07, 6.45) is 1.24. The number of piperazine rings is 1. The largest absolute Gasteiger partial charge is 0.335 e. The molecule has 1 heterocycles. The zero-order valence-corrected chi connectivity index (χ0v) is 10.9. The van der Waals surface area contributed by atoms with Gasteiger partial charge in [-0.3, -0.25) is 15.0 Å². The number of nitrogens with one attached hydrogen (secondary N) is 2. The summed E-state index contributed by atoms with van der Waals surface area (Å²) in [6.45, 7) is 12.9. The highest BCUT2D eigenvalue weighted by atomic mass is 16.1. The highest BCUT2D eigenvalue weighted by molar-refractivity contribution is 5.87. The van der Waals surface area contributed by atoms with Crippen LogP contribution in [0, 0.1) is 0 Å². The molecule has 0 aliphatic carbocycles. The van der Waals surface area contributed by atoms with E-state index in [2.05, 4.69) is 56.9 Å². The van der Waals surface area contributed by atoms with Crippen LogP contribution in [-0.2, 0) is 4.79 Å². The predicted molar refractivity (Wildman–Crippen MR) is 66.1 cm³/mol. The van der Waals surface area contributed by atoms with Gasteiger partial charge in [0.05, 0.1) is 6.17 Å². The van der Waals surface area contributed by atoms with Crippen LogP contribution in [-0.4, -0.2) is 41.6 Å². The van der Waals surface area contributed by atoms with E-state index in [1.807, 2.05) is 0 Å². The molecule has 1 fully saturated rings. The molecule has 92 valence electrons. The van der Waals surface area contributed by atoms with Gasteiger partial charge in [0.2, 0.25) is 5.91 Å². The van der Waals surface area contributed by atoms with Gasteiger partial charge >= 0.3 is 0 Å². The molecule has 1 rings (SSSR count). The predicted octanol–water partition coefficient (Wildman–Crippen LogP) is 0.707. The summed E-state index contributed by atoms with van der Waals surface area (Å²) in [5.74, 6) is -0.140. The molecule has 1 unspecified atom stereocenters. The lowest BCUT2D eigenvalue weighted by Crippen LogP contribution is -2.74. The molecular weight excluding hydrogens is 202 g/mol. The molecular formula is C12H23N3O. The van der Waals surface area contributed by atoms with Crippen molar-refractivity contribution in [1.29, 1.82) is 0 Å². The summed E-state index contributed by atoms with van der Waals surface area (Å²) in [6, 6.07) is 0. The fourth-order valence-corrected chi connectivity index (χ4v) is 2.12. The summed E-state index contributed by atoms with van der Waals surface area (Å²) >= 11 is 0. The number of amides is 1. The molecule has 0 spiro atoms. The second kappa shape index (κ2) is 4.18. The smallest absolute Gasteiger partial charge is 0.244 e. The van der Waals surface area contributed by atoms with Crippen LogP contribution in [0.1, 0.15) is 27.7 Å². The first-order valence-electron chi connectivity index (χ1n) is 5.62. The van der Waals surface area contributed by atoms with E-state index in [-0.39, 0.29) is 23.2 Å². The number of nitrogens with zero attached hydrogens (tertiary/aromatic N) is 1. The van der Waals surface area contributed by atoms with Crippen LogP contribution < -0.4 is 10.6 Å². The van der Waals surface area contributed by atoms with Crippen molar-refractivity contribution in [2.24, 2.45) is 0 Å². The lowest BCUT2D eigenvalue weighted by molar-refractivity contribution is -0.120. The molecule has 1 amide bonds. The molecule has 1 aliphatic rings. The molecule has 0 saturated carbocycles. The maximum absolute atomic E-state index is 11.3. The minimum Gasteiger partial charge on any atom is -0.335 e. The Morgan fingerprint density at radius 3 is 2.56 bits per heavy atom.